The summed E-state index contributed by atoms with van der Waals surface area (Å²) in [5.41, 5.74) is -0.513. The van der Waals surface area contributed by atoms with Gasteiger partial charge in [0.25, 0.3) is 0 Å². The van der Waals surface area contributed by atoms with Crippen molar-refractivity contribution in [3.63, 3.8) is 0 Å². The minimum Gasteiger partial charge on any atom is -0.450 e. The first-order chi connectivity index (χ1) is 8.13. The summed E-state index contributed by atoms with van der Waals surface area (Å²) in [4.78, 5) is 24.9. The number of allylic oxidation sites excluding steroid dienone is 1. The fourth-order valence-electron chi connectivity index (χ4n) is 2.58. The van der Waals surface area contributed by atoms with Crippen molar-refractivity contribution in [3.8, 4) is 0 Å². The topological polar surface area (TPSA) is 55.8 Å². The summed E-state index contributed by atoms with van der Waals surface area (Å²) < 4.78 is 10.5. The molecular formula is C12H17NO4. The molecule has 5 nitrogen and oxygen atoms in total. The lowest BCUT2D eigenvalue weighted by Gasteiger charge is -2.36. The Hall–Kier alpha value is -1.36. The number of ketones is 1. The van der Waals surface area contributed by atoms with E-state index in [-0.39, 0.29) is 17.9 Å². The number of ether oxygens (including phenoxy) is 2. The molecule has 0 aromatic rings. The molecule has 2 aliphatic rings. The third kappa shape index (κ3) is 1.95. The summed E-state index contributed by atoms with van der Waals surface area (Å²) in [5, 5.41) is 0. The summed E-state index contributed by atoms with van der Waals surface area (Å²) in [6.45, 7) is 2.67. The van der Waals surface area contributed by atoms with Crippen LogP contribution in [0, 0.1) is 0 Å². The third-order valence-electron chi connectivity index (χ3n) is 3.51. The maximum absolute atomic E-state index is 11.8. The van der Waals surface area contributed by atoms with E-state index in [0.717, 1.165) is 0 Å². The largest absolute Gasteiger partial charge is 0.450 e. The maximum atomic E-state index is 11.8. The van der Waals surface area contributed by atoms with Crippen LogP contribution < -0.4 is 0 Å². The Balaban J connectivity index is 2.22. The number of rotatable bonds is 2. The Morgan fingerprint density at radius 3 is 3.06 bits per heavy atom. The average Bonchev–Trinajstić information content (AvgIpc) is 2.69. The monoisotopic (exact) mass is 239 g/mol. The van der Waals surface area contributed by atoms with E-state index in [0.29, 0.717) is 26.0 Å². The number of hydrogen-bond donors (Lipinski definition) is 0. The Morgan fingerprint density at radius 2 is 2.41 bits per heavy atom. The normalized spacial score (nSPS) is 31.5. The van der Waals surface area contributed by atoms with Crippen molar-refractivity contribution >= 4 is 11.9 Å². The zero-order valence-corrected chi connectivity index (χ0v) is 10.1. The molecule has 0 N–H and O–H groups in total. The minimum atomic E-state index is -0.513. The van der Waals surface area contributed by atoms with Crippen LogP contribution in [-0.2, 0) is 14.3 Å². The van der Waals surface area contributed by atoms with Crippen LogP contribution in [0.2, 0.25) is 0 Å². The van der Waals surface area contributed by atoms with Gasteiger partial charge in [0.1, 0.15) is 5.60 Å². The van der Waals surface area contributed by atoms with Crippen molar-refractivity contribution in [1.82, 2.24) is 4.90 Å². The molecule has 1 heterocycles. The van der Waals surface area contributed by atoms with E-state index < -0.39 is 5.60 Å². The standard InChI is InChI=1S/C12H17NO4/c1-3-17-11(15)13-7-6-12(16-2)5-4-9(14)8-10(12)13/h4-5,10H,3,6-8H2,1-2H3/t10-,12+/m1/s1. The van der Waals surface area contributed by atoms with Crippen LogP contribution in [0.15, 0.2) is 12.2 Å². The van der Waals surface area contributed by atoms with Gasteiger partial charge in [-0.2, -0.15) is 0 Å². The van der Waals surface area contributed by atoms with Crippen LogP contribution in [-0.4, -0.2) is 48.7 Å². The van der Waals surface area contributed by atoms with Gasteiger partial charge in [0.15, 0.2) is 5.78 Å². The molecule has 17 heavy (non-hydrogen) atoms. The highest BCUT2D eigenvalue weighted by Crippen LogP contribution is 2.38. The molecule has 0 aromatic heterocycles. The summed E-state index contributed by atoms with van der Waals surface area (Å²) in [5.74, 6) is 0.0267. The lowest BCUT2D eigenvalue weighted by Crippen LogP contribution is -2.49. The summed E-state index contributed by atoms with van der Waals surface area (Å²) in [6.07, 6.45) is 3.98. The van der Waals surface area contributed by atoms with Crippen LogP contribution >= 0.6 is 0 Å². The van der Waals surface area contributed by atoms with Gasteiger partial charge < -0.3 is 14.4 Å². The van der Waals surface area contributed by atoms with Crippen molar-refractivity contribution in [2.45, 2.75) is 31.4 Å². The van der Waals surface area contributed by atoms with Crippen LogP contribution in [0.5, 0.6) is 0 Å². The van der Waals surface area contributed by atoms with Gasteiger partial charge in [0.05, 0.1) is 12.6 Å². The van der Waals surface area contributed by atoms with E-state index in [2.05, 4.69) is 0 Å². The maximum Gasteiger partial charge on any atom is 0.410 e. The van der Waals surface area contributed by atoms with E-state index in [9.17, 15) is 9.59 Å². The fraction of sp³-hybridized carbons (Fsp3) is 0.667. The molecule has 0 aromatic carbocycles. The molecule has 1 amide bonds. The molecule has 2 rings (SSSR count). The van der Waals surface area contributed by atoms with Crippen molar-refractivity contribution in [3.05, 3.63) is 12.2 Å². The predicted molar refractivity (Wildman–Crippen MR) is 60.6 cm³/mol. The smallest absolute Gasteiger partial charge is 0.410 e. The Labute approximate surface area is 100 Å². The van der Waals surface area contributed by atoms with Gasteiger partial charge in [-0.05, 0) is 25.5 Å². The van der Waals surface area contributed by atoms with E-state index in [4.69, 9.17) is 9.47 Å². The molecule has 0 bridgehead atoms. The second kappa shape index (κ2) is 4.49. The van der Waals surface area contributed by atoms with Crippen molar-refractivity contribution in [1.29, 1.82) is 0 Å². The fourth-order valence-corrected chi connectivity index (χ4v) is 2.58. The zero-order valence-electron chi connectivity index (χ0n) is 10.1. The molecule has 0 saturated carbocycles. The van der Waals surface area contributed by atoms with Gasteiger partial charge in [-0.15, -0.1) is 0 Å². The molecule has 1 aliphatic heterocycles. The molecule has 5 heteroatoms. The molecular weight excluding hydrogens is 222 g/mol. The van der Waals surface area contributed by atoms with Crippen molar-refractivity contribution < 1.29 is 19.1 Å². The number of nitrogens with zero attached hydrogens (tertiary/aromatic N) is 1. The quantitative estimate of drug-likeness (QED) is 0.725. The highest BCUT2D eigenvalue weighted by atomic mass is 16.6. The average molecular weight is 239 g/mol. The van der Waals surface area contributed by atoms with Gasteiger partial charge in [-0.25, -0.2) is 4.79 Å². The van der Waals surface area contributed by atoms with E-state index in [1.807, 2.05) is 0 Å². The lowest BCUT2D eigenvalue weighted by molar-refractivity contribution is -0.118. The highest BCUT2D eigenvalue weighted by molar-refractivity contribution is 5.92. The summed E-state index contributed by atoms with van der Waals surface area (Å²) >= 11 is 0. The number of fused-ring (bicyclic) bond motifs is 1. The van der Waals surface area contributed by atoms with Gasteiger partial charge in [-0.3, -0.25) is 4.79 Å². The Kier molecular flexibility index (Phi) is 3.19. The first-order valence-electron chi connectivity index (χ1n) is 5.83. The molecule has 1 saturated heterocycles. The Bertz CT molecular complexity index is 366. The minimum absolute atomic E-state index is 0.0267. The molecule has 0 radical (unpaired) electrons. The molecule has 0 spiro atoms. The molecule has 1 aliphatic carbocycles. The first-order valence-corrected chi connectivity index (χ1v) is 5.83. The predicted octanol–water partition coefficient (Wildman–Crippen LogP) is 1.13. The Morgan fingerprint density at radius 1 is 1.65 bits per heavy atom. The zero-order chi connectivity index (χ0) is 12.5. The number of hydrogen-bond acceptors (Lipinski definition) is 4. The SMILES string of the molecule is CCOC(=O)N1CC[C@@]2(OC)C=CC(=O)C[C@@H]12. The van der Waals surface area contributed by atoms with Crippen LogP contribution in [0.1, 0.15) is 19.8 Å². The van der Waals surface area contributed by atoms with Crippen molar-refractivity contribution in [2.24, 2.45) is 0 Å². The first kappa shape index (κ1) is 12.1. The van der Waals surface area contributed by atoms with E-state index in [1.54, 1.807) is 31.1 Å². The highest BCUT2D eigenvalue weighted by Gasteiger charge is 2.50. The van der Waals surface area contributed by atoms with Crippen LogP contribution in [0.4, 0.5) is 4.79 Å². The molecule has 1 fully saturated rings. The summed E-state index contributed by atoms with van der Waals surface area (Å²) in [6, 6.07) is -0.232. The van der Waals surface area contributed by atoms with E-state index >= 15 is 0 Å². The van der Waals surface area contributed by atoms with E-state index in [1.165, 1.54) is 0 Å². The second-order valence-corrected chi connectivity index (χ2v) is 4.32. The number of methoxy groups -OCH3 is 1. The number of likely N-dealkylation sites (tertiary alicyclic amines) is 1. The number of carbonyl (C=O) groups excluding carboxylic acids is 2. The molecule has 2 atom stereocenters. The number of carbonyl (C=O) groups is 2. The van der Waals surface area contributed by atoms with Gasteiger partial charge in [0, 0.05) is 20.1 Å². The van der Waals surface area contributed by atoms with Gasteiger partial charge >= 0.3 is 6.09 Å². The molecule has 0 unspecified atom stereocenters. The third-order valence-corrected chi connectivity index (χ3v) is 3.51. The summed E-state index contributed by atoms with van der Waals surface area (Å²) in [7, 11) is 1.61. The lowest BCUT2D eigenvalue weighted by atomic mass is 9.85. The number of amides is 1. The van der Waals surface area contributed by atoms with Gasteiger partial charge in [0.2, 0.25) is 0 Å². The second-order valence-electron chi connectivity index (χ2n) is 4.32. The van der Waals surface area contributed by atoms with Crippen LogP contribution in [0.3, 0.4) is 0 Å². The van der Waals surface area contributed by atoms with Crippen LogP contribution in [0.25, 0.3) is 0 Å². The van der Waals surface area contributed by atoms with Gasteiger partial charge in [-0.1, -0.05) is 0 Å². The molecule has 94 valence electrons. The van der Waals surface area contributed by atoms with Crippen molar-refractivity contribution in [2.75, 3.05) is 20.3 Å².